The Kier molecular flexibility index (Phi) is 2.71. The number of nitrogens with zero attached hydrogens (tertiary/aromatic N) is 2. The third-order valence-electron chi connectivity index (χ3n) is 3.89. The Hall–Kier alpha value is -1.22. The molecule has 3 nitrogen and oxygen atoms in total. The van der Waals surface area contributed by atoms with Gasteiger partial charge in [0.1, 0.15) is 0 Å². The molecule has 1 aliphatic carbocycles. The summed E-state index contributed by atoms with van der Waals surface area (Å²) in [5.74, 6) is 0.961. The number of para-hydroxylation sites is 1. The van der Waals surface area contributed by atoms with Crippen molar-refractivity contribution >= 4 is 11.4 Å². The molecule has 0 saturated heterocycles. The van der Waals surface area contributed by atoms with Gasteiger partial charge < -0.3 is 10.6 Å². The van der Waals surface area contributed by atoms with E-state index in [1.165, 1.54) is 30.6 Å². The van der Waals surface area contributed by atoms with Crippen molar-refractivity contribution in [3.8, 4) is 0 Å². The monoisotopic (exact) mass is 231 g/mol. The van der Waals surface area contributed by atoms with Crippen LogP contribution in [0.25, 0.3) is 0 Å². The van der Waals surface area contributed by atoms with Crippen LogP contribution >= 0.6 is 0 Å². The zero-order chi connectivity index (χ0) is 11.8. The van der Waals surface area contributed by atoms with Gasteiger partial charge in [0.2, 0.25) is 0 Å². The van der Waals surface area contributed by atoms with Gasteiger partial charge >= 0.3 is 0 Å². The molecule has 0 amide bonds. The average molecular weight is 231 g/mol. The molecule has 0 bridgehead atoms. The summed E-state index contributed by atoms with van der Waals surface area (Å²) in [5, 5.41) is 0. The van der Waals surface area contributed by atoms with Crippen molar-refractivity contribution in [2.75, 3.05) is 37.3 Å². The lowest BCUT2D eigenvalue weighted by Gasteiger charge is -2.20. The normalized spacial score (nSPS) is 21.1. The van der Waals surface area contributed by atoms with Crippen molar-refractivity contribution in [3.63, 3.8) is 0 Å². The summed E-state index contributed by atoms with van der Waals surface area (Å²) >= 11 is 0. The lowest BCUT2D eigenvalue weighted by molar-refractivity contribution is 0.266. The summed E-state index contributed by atoms with van der Waals surface area (Å²) in [7, 11) is 2.15. The summed E-state index contributed by atoms with van der Waals surface area (Å²) in [5.41, 5.74) is 9.64. The predicted molar refractivity (Wildman–Crippen MR) is 72.1 cm³/mol. The maximum atomic E-state index is 6.10. The second-order valence-electron chi connectivity index (χ2n) is 5.46. The van der Waals surface area contributed by atoms with Crippen molar-refractivity contribution in [2.24, 2.45) is 5.92 Å². The molecule has 1 aliphatic heterocycles. The van der Waals surface area contributed by atoms with E-state index in [4.69, 9.17) is 5.73 Å². The highest BCUT2D eigenvalue weighted by Crippen LogP contribution is 2.33. The Morgan fingerprint density at radius 1 is 1.29 bits per heavy atom. The highest BCUT2D eigenvalue weighted by Gasteiger charge is 2.26. The summed E-state index contributed by atoms with van der Waals surface area (Å²) in [6.07, 6.45) is 2.85. The van der Waals surface area contributed by atoms with Crippen molar-refractivity contribution in [1.82, 2.24) is 4.90 Å². The number of fused-ring (bicyclic) bond motifs is 1. The molecule has 3 heteroatoms. The molecule has 3 rings (SSSR count). The highest BCUT2D eigenvalue weighted by atomic mass is 15.2. The fourth-order valence-corrected chi connectivity index (χ4v) is 2.75. The summed E-state index contributed by atoms with van der Waals surface area (Å²) in [4.78, 5) is 4.89. The van der Waals surface area contributed by atoms with Gasteiger partial charge in [-0.25, -0.2) is 0 Å². The first-order valence-electron chi connectivity index (χ1n) is 6.55. The fraction of sp³-hybridized carbons (Fsp3) is 0.571. The molecule has 1 heterocycles. The van der Waals surface area contributed by atoms with Crippen molar-refractivity contribution < 1.29 is 0 Å². The highest BCUT2D eigenvalue weighted by molar-refractivity contribution is 5.71. The minimum absolute atomic E-state index is 0.915. The third-order valence-corrected chi connectivity index (χ3v) is 3.89. The van der Waals surface area contributed by atoms with E-state index < -0.39 is 0 Å². The molecule has 0 spiro atoms. The number of nitrogen functional groups attached to an aromatic ring is 1. The van der Waals surface area contributed by atoms with Crippen LogP contribution in [0.3, 0.4) is 0 Å². The number of benzene rings is 1. The van der Waals surface area contributed by atoms with E-state index in [2.05, 4.69) is 29.0 Å². The smallest absolute Gasteiger partial charge is 0.0643 e. The molecule has 1 fully saturated rings. The van der Waals surface area contributed by atoms with Gasteiger partial charge in [-0.3, -0.25) is 4.90 Å². The van der Waals surface area contributed by atoms with Crippen LogP contribution in [0.2, 0.25) is 0 Å². The van der Waals surface area contributed by atoms with Gasteiger partial charge in [0.25, 0.3) is 0 Å². The molecule has 17 heavy (non-hydrogen) atoms. The standard InChI is InChI=1S/C14H21N3/c1-16-7-8-17(9-11-5-6-11)10-12-3-2-4-13(15)14(12)16/h2-4,11H,5-10,15H2,1H3. The minimum Gasteiger partial charge on any atom is -0.397 e. The first kappa shape index (κ1) is 10.9. The molecule has 0 unspecified atom stereocenters. The van der Waals surface area contributed by atoms with Crippen LogP contribution in [0.1, 0.15) is 18.4 Å². The quantitative estimate of drug-likeness (QED) is 0.789. The van der Waals surface area contributed by atoms with E-state index in [9.17, 15) is 0 Å². The van der Waals surface area contributed by atoms with Gasteiger partial charge in [-0.1, -0.05) is 12.1 Å². The molecule has 1 aromatic carbocycles. The maximum absolute atomic E-state index is 6.10. The molecular formula is C14H21N3. The summed E-state index contributed by atoms with van der Waals surface area (Å²) in [6.45, 7) is 4.55. The lowest BCUT2D eigenvalue weighted by atomic mass is 10.1. The van der Waals surface area contributed by atoms with Crippen LogP contribution in [0.15, 0.2) is 18.2 Å². The first-order valence-corrected chi connectivity index (χ1v) is 6.55. The van der Waals surface area contributed by atoms with E-state index in [0.29, 0.717) is 0 Å². The second-order valence-corrected chi connectivity index (χ2v) is 5.46. The van der Waals surface area contributed by atoms with Gasteiger partial charge in [0.15, 0.2) is 0 Å². The first-order chi connectivity index (χ1) is 8.24. The van der Waals surface area contributed by atoms with Gasteiger partial charge in [-0.15, -0.1) is 0 Å². The largest absolute Gasteiger partial charge is 0.397 e. The van der Waals surface area contributed by atoms with Gasteiger partial charge in [0.05, 0.1) is 11.4 Å². The third kappa shape index (κ3) is 2.25. The molecule has 0 atom stereocenters. The predicted octanol–water partition coefficient (Wildman–Crippen LogP) is 1.93. The van der Waals surface area contributed by atoms with Crippen molar-refractivity contribution in [2.45, 2.75) is 19.4 Å². The minimum atomic E-state index is 0.915. The van der Waals surface area contributed by atoms with Crippen molar-refractivity contribution in [1.29, 1.82) is 0 Å². The van der Waals surface area contributed by atoms with Crippen LogP contribution in [0, 0.1) is 5.92 Å². The molecule has 2 aliphatic rings. The zero-order valence-corrected chi connectivity index (χ0v) is 10.5. The summed E-state index contributed by atoms with van der Waals surface area (Å²) < 4.78 is 0. The molecule has 1 aromatic rings. The number of likely N-dealkylation sites (N-methyl/N-ethyl adjacent to an activating group) is 1. The van der Waals surface area contributed by atoms with Gasteiger partial charge in [-0.05, 0) is 30.4 Å². The van der Waals surface area contributed by atoms with Crippen LogP contribution < -0.4 is 10.6 Å². The molecule has 0 aromatic heterocycles. The number of hydrogen-bond acceptors (Lipinski definition) is 3. The number of hydrogen-bond donors (Lipinski definition) is 1. The van der Waals surface area contributed by atoms with Gasteiger partial charge in [0, 0.05) is 33.2 Å². The Labute approximate surface area is 103 Å². The summed E-state index contributed by atoms with van der Waals surface area (Å²) in [6, 6.07) is 6.29. The van der Waals surface area contributed by atoms with E-state index in [-0.39, 0.29) is 0 Å². The Morgan fingerprint density at radius 3 is 2.88 bits per heavy atom. The van der Waals surface area contributed by atoms with Gasteiger partial charge in [-0.2, -0.15) is 0 Å². The van der Waals surface area contributed by atoms with Crippen LogP contribution in [-0.4, -0.2) is 31.6 Å². The Balaban J connectivity index is 1.85. The molecule has 2 N–H and O–H groups in total. The molecule has 0 radical (unpaired) electrons. The topological polar surface area (TPSA) is 32.5 Å². The Bertz CT molecular complexity index is 412. The van der Waals surface area contributed by atoms with Crippen LogP contribution in [0.4, 0.5) is 11.4 Å². The lowest BCUT2D eigenvalue weighted by Crippen LogP contribution is -2.30. The van der Waals surface area contributed by atoms with Crippen LogP contribution in [-0.2, 0) is 6.54 Å². The molecule has 92 valence electrons. The van der Waals surface area contributed by atoms with E-state index in [0.717, 1.165) is 31.2 Å². The Morgan fingerprint density at radius 2 is 2.12 bits per heavy atom. The zero-order valence-electron chi connectivity index (χ0n) is 10.5. The fourth-order valence-electron chi connectivity index (χ4n) is 2.75. The number of rotatable bonds is 2. The second kappa shape index (κ2) is 4.22. The SMILES string of the molecule is CN1CCN(CC2CC2)Cc2cccc(N)c21. The van der Waals surface area contributed by atoms with E-state index in [1.807, 2.05) is 6.07 Å². The van der Waals surface area contributed by atoms with E-state index >= 15 is 0 Å². The molecular weight excluding hydrogens is 210 g/mol. The number of anilines is 2. The number of nitrogens with two attached hydrogens (primary N) is 1. The van der Waals surface area contributed by atoms with E-state index in [1.54, 1.807) is 0 Å². The average Bonchev–Trinajstić information content (AvgIpc) is 3.09. The molecule has 1 saturated carbocycles. The maximum Gasteiger partial charge on any atom is 0.0643 e. The van der Waals surface area contributed by atoms with Crippen molar-refractivity contribution in [3.05, 3.63) is 23.8 Å². The van der Waals surface area contributed by atoms with Crippen LogP contribution in [0.5, 0.6) is 0 Å².